The zero-order chi connectivity index (χ0) is 7.28. The monoisotopic (exact) mass is 257 g/mol. The minimum Gasteiger partial charge on any atom is -0.233 e. The lowest BCUT2D eigenvalue weighted by molar-refractivity contribution is 0.0961. The average Bonchev–Trinajstić information content (AvgIpc) is 1.83. The lowest BCUT2D eigenvalue weighted by Crippen LogP contribution is -2.04. The molecule has 2 unspecified atom stereocenters. The highest BCUT2D eigenvalue weighted by molar-refractivity contribution is 9.12. The van der Waals surface area contributed by atoms with Crippen LogP contribution in [0.25, 0.3) is 0 Å². The summed E-state index contributed by atoms with van der Waals surface area (Å²) in [6.45, 7) is 1.70. The molecule has 0 aromatic carbocycles. The number of rotatable bonds is 4. The van der Waals surface area contributed by atoms with Crippen LogP contribution < -0.4 is 0 Å². The van der Waals surface area contributed by atoms with Crippen LogP contribution in [0.2, 0.25) is 0 Å². The van der Waals surface area contributed by atoms with Gasteiger partial charge in [-0.1, -0.05) is 31.9 Å². The van der Waals surface area contributed by atoms with Crippen molar-refractivity contribution in [3.63, 3.8) is 0 Å². The van der Waals surface area contributed by atoms with E-state index in [2.05, 4.69) is 31.9 Å². The maximum Gasteiger partial charge on any atom is 0.0902 e. The number of halogens is 2. The standard InChI is InChI=1S/C6H11Br2O/c1-5(9)2-3-6(8)4-7/h5-6H,2-4H2,1H3. The van der Waals surface area contributed by atoms with Gasteiger partial charge in [-0.2, -0.15) is 0 Å². The molecule has 3 heteroatoms. The molecule has 0 saturated carbocycles. The third kappa shape index (κ3) is 6.81. The van der Waals surface area contributed by atoms with Gasteiger partial charge in [0, 0.05) is 10.2 Å². The SMILES string of the molecule is CC([O])CCC(Br)CBr. The highest BCUT2D eigenvalue weighted by atomic mass is 79.9. The quantitative estimate of drug-likeness (QED) is 0.692. The van der Waals surface area contributed by atoms with Gasteiger partial charge in [-0.05, 0) is 19.8 Å². The zero-order valence-corrected chi connectivity index (χ0v) is 8.61. The van der Waals surface area contributed by atoms with Crippen LogP contribution in [0.5, 0.6) is 0 Å². The van der Waals surface area contributed by atoms with E-state index in [1.165, 1.54) is 0 Å². The predicted octanol–water partition coefficient (Wildman–Crippen LogP) is 2.74. The summed E-state index contributed by atoms with van der Waals surface area (Å²) in [5, 5.41) is 11.4. The Morgan fingerprint density at radius 3 is 2.33 bits per heavy atom. The molecule has 0 rings (SSSR count). The number of alkyl halides is 2. The van der Waals surface area contributed by atoms with Gasteiger partial charge in [-0.3, -0.25) is 0 Å². The Balaban J connectivity index is 3.06. The molecule has 1 radical (unpaired) electrons. The van der Waals surface area contributed by atoms with Crippen LogP contribution >= 0.6 is 31.9 Å². The summed E-state index contributed by atoms with van der Waals surface area (Å²) < 4.78 is 0. The molecular weight excluding hydrogens is 248 g/mol. The van der Waals surface area contributed by atoms with Crippen molar-refractivity contribution < 1.29 is 5.11 Å². The molecule has 0 fully saturated rings. The van der Waals surface area contributed by atoms with Gasteiger partial charge in [0.05, 0.1) is 6.10 Å². The van der Waals surface area contributed by atoms with Crippen LogP contribution in [0.4, 0.5) is 0 Å². The highest BCUT2D eigenvalue weighted by Crippen LogP contribution is 2.11. The predicted molar refractivity (Wildman–Crippen MR) is 45.9 cm³/mol. The zero-order valence-electron chi connectivity index (χ0n) is 5.44. The smallest absolute Gasteiger partial charge is 0.0902 e. The fourth-order valence-corrected chi connectivity index (χ4v) is 1.08. The topological polar surface area (TPSA) is 19.9 Å². The lowest BCUT2D eigenvalue weighted by atomic mass is 10.2. The fourth-order valence-electron chi connectivity index (χ4n) is 0.493. The first-order chi connectivity index (χ1) is 4.16. The van der Waals surface area contributed by atoms with E-state index in [-0.39, 0.29) is 0 Å². The second kappa shape index (κ2) is 5.69. The minimum atomic E-state index is -0.413. The molecule has 0 amide bonds. The van der Waals surface area contributed by atoms with E-state index in [4.69, 9.17) is 0 Å². The van der Waals surface area contributed by atoms with Crippen LogP contribution in [0, 0.1) is 0 Å². The summed E-state index contributed by atoms with van der Waals surface area (Å²) >= 11 is 6.74. The Bertz CT molecular complexity index is 66.1. The van der Waals surface area contributed by atoms with Gasteiger partial charge < -0.3 is 0 Å². The molecule has 0 heterocycles. The second-order valence-corrected chi connectivity index (χ2v) is 4.08. The van der Waals surface area contributed by atoms with Gasteiger partial charge in [0.15, 0.2) is 0 Å². The Morgan fingerprint density at radius 1 is 1.44 bits per heavy atom. The van der Waals surface area contributed by atoms with Crippen LogP contribution in [-0.2, 0) is 5.11 Å². The van der Waals surface area contributed by atoms with E-state index in [1.54, 1.807) is 6.92 Å². The van der Waals surface area contributed by atoms with E-state index in [1.807, 2.05) is 0 Å². The Morgan fingerprint density at radius 2 is 2.00 bits per heavy atom. The van der Waals surface area contributed by atoms with Crippen molar-refractivity contribution in [3.8, 4) is 0 Å². The third-order valence-corrected chi connectivity index (χ3v) is 3.49. The highest BCUT2D eigenvalue weighted by Gasteiger charge is 2.03. The number of hydrogen-bond acceptors (Lipinski definition) is 0. The van der Waals surface area contributed by atoms with Gasteiger partial charge in [-0.25, -0.2) is 5.11 Å². The average molecular weight is 259 g/mol. The molecule has 0 aliphatic heterocycles. The van der Waals surface area contributed by atoms with Crippen molar-refractivity contribution in [1.29, 1.82) is 0 Å². The van der Waals surface area contributed by atoms with Crippen molar-refractivity contribution in [2.24, 2.45) is 0 Å². The van der Waals surface area contributed by atoms with Crippen molar-refractivity contribution in [1.82, 2.24) is 0 Å². The molecule has 2 atom stereocenters. The van der Waals surface area contributed by atoms with E-state index in [9.17, 15) is 5.11 Å². The third-order valence-electron chi connectivity index (χ3n) is 1.05. The molecule has 0 N–H and O–H groups in total. The fraction of sp³-hybridized carbons (Fsp3) is 1.00. The summed E-state index contributed by atoms with van der Waals surface area (Å²) in [6.07, 6.45) is 1.32. The minimum absolute atomic E-state index is 0.413. The lowest BCUT2D eigenvalue weighted by Gasteiger charge is -2.04. The molecule has 55 valence electrons. The van der Waals surface area contributed by atoms with Gasteiger partial charge in [-0.15, -0.1) is 0 Å². The Kier molecular flexibility index (Phi) is 6.27. The molecule has 0 bridgehead atoms. The van der Waals surface area contributed by atoms with Gasteiger partial charge in [0.1, 0.15) is 0 Å². The molecule has 0 spiro atoms. The van der Waals surface area contributed by atoms with E-state index < -0.39 is 6.10 Å². The van der Waals surface area contributed by atoms with Crippen LogP contribution in [0.3, 0.4) is 0 Å². The summed E-state index contributed by atoms with van der Waals surface area (Å²) in [5.41, 5.74) is 0. The molecule has 9 heavy (non-hydrogen) atoms. The van der Waals surface area contributed by atoms with Crippen LogP contribution in [0.1, 0.15) is 19.8 Å². The molecule has 1 nitrogen and oxygen atoms in total. The van der Waals surface area contributed by atoms with Gasteiger partial charge in [0.25, 0.3) is 0 Å². The molecule has 0 aliphatic rings. The maximum absolute atomic E-state index is 10.5. The molecule has 0 aliphatic carbocycles. The van der Waals surface area contributed by atoms with Crippen LogP contribution in [0.15, 0.2) is 0 Å². The first-order valence-electron chi connectivity index (χ1n) is 3.02. The maximum atomic E-state index is 10.5. The normalized spacial score (nSPS) is 17.3. The van der Waals surface area contributed by atoms with Crippen LogP contribution in [-0.4, -0.2) is 16.3 Å². The Hall–Kier alpha value is 0.920. The Labute approximate surface area is 73.1 Å². The molecule has 0 aromatic heterocycles. The summed E-state index contributed by atoms with van der Waals surface area (Å²) in [6, 6.07) is 0. The van der Waals surface area contributed by atoms with E-state index in [0.717, 1.165) is 18.2 Å². The van der Waals surface area contributed by atoms with Gasteiger partial charge >= 0.3 is 0 Å². The first-order valence-corrected chi connectivity index (χ1v) is 5.06. The van der Waals surface area contributed by atoms with E-state index in [0.29, 0.717) is 4.83 Å². The largest absolute Gasteiger partial charge is 0.233 e. The second-order valence-electron chi connectivity index (χ2n) is 2.14. The summed E-state index contributed by atoms with van der Waals surface area (Å²) in [5.74, 6) is 0. The van der Waals surface area contributed by atoms with E-state index >= 15 is 0 Å². The summed E-state index contributed by atoms with van der Waals surface area (Å²) in [4.78, 5) is 0.467. The van der Waals surface area contributed by atoms with Crippen molar-refractivity contribution in [2.45, 2.75) is 30.7 Å². The molecular formula is C6H11Br2O. The summed E-state index contributed by atoms with van der Waals surface area (Å²) in [7, 11) is 0. The molecule has 0 saturated heterocycles. The van der Waals surface area contributed by atoms with Crippen molar-refractivity contribution in [3.05, 3.63) is 0 Å². The molecule has 0 aromatic rings. The van der Waals surface area contributed by atoms with Crippen molar-refractivity contribution in [2.75, 3.05) is 5.33 Å². The number of hydrogen-bond donors (Lipinski definition) is 0. The van der Waals surface area contributed by atoms with Gasteiger partial charge in [0.2, 0.25) is 0 Å². The van der Waals surface area contributed by atoms with Crippen molar-refractivity contribution >= 4 is 31.9 Å². The first kappa shape index (κ1) is 9.92.